The molecule has 4 heteroatoms. The molecule has 0 aliphatic carbocycles. The minimum Gasteiger partial charge on any atom is -0.495 e. The van der Waals surface area contributed by atoms with Crippen LogP contribution in [0.2, 0.25) is 0 Å². The van der Waals surface area contributed by atoms with Gasteiger partial charge in [0.05, 0.1) is 12.0 Å². The van der Waals surface area contributed by atoms with Crippen LogP contribution in [0.3, 0.4) is 0 Å². The molecule has 0 unspecified atom stereocenters. The van der Waals surface area contributed by atoms with Crippen molar-refractivity contribution in [2.24, 2.45) is 5.73 Å². The SMILES string of the molecule is COc1ccc(CC(C)(C)N)c(F)c1SC. The number of methoxy groups -OCH3 is 1. The zero-order valence-electron chi connectivity index (χ0n) is 10.1. The van der Waals surface area contributed by atoms with Crippen molar-refractivity contribution in [3.63, 3.8) is 0 Å². The standard InChI is InChI=1S/C12H18FNOS/c1-12(2,14)7-8-5-6-9(15-3)11(16-4)10(8)13/h5-6H,7,14H2,1-4H3. The van der Waals surface area contributed by atoms with Gasteiger partial charge in [0.2, 0.25) is 0 Å². The van der Waals surface area contributed by atoms with Gasteiger partial charge in [-0.3, -0.25) is 0 Å². The Morgan fingerprint density at radius 1 is 1.44 bits per heavy atom. The predicted octanol–water partition coefficient (Wildman–Crippen LogP) is 2.84. The average Bonchev–Trinajstić information content (AvgIpc) is 2.19. The second-order valence-corrected chi connectivity index (χ2v) is 5.26. The highest BCUT2D eigenvalue weighted by Crippen LogP contribution is 2.33. The van der Waals surface area contributed by atoms with Gasteiger partial charge in [-0.2, -0.15) is 0 Å². The van der Waals surface area contributed by atoms with Gasteiger partial charge in [0, 0.05) is 5.54 Å². The van der Waals surface area contributed by atoms with E-state index in [2.05, 4.69) is 0 Å². The Labute approximate surface area is 100 Å². The number of nitrogens with two attached hydrogens (primary N) is 1. The van der Waals surface area contributed by atoms with E-state index >= 15 is 0 Å². The lowest BCUT2D eigenvalue weighted by atomic mass is 9.96. The third kappa shape index (κ3) is 3.12. The molecule has 1 aromatic carbocycles. The van der Waals surface area contributed by atoms with E-state index in [-0.39, 0.29) is 5.82 Å². The minimum atomic E-state index is -0.412. The van der Waals surface area contributed by atoms with Gasteiger partial charge in [0.15, 0.2) is 0 Å². The summed E-state index contributed by atoms with van der Waals surface area (Å²) in [5.41, 5.74) is 6.12. The summed E-state index contributed by atoms with van der Waals surface area (Å²) in [6.45, 7) is 3.77. The monoisotopic (exact) mass is 243 g/mol. The van der Waals surface area contributed by atoms with E-state index in [1.807, 2.05) is 20.1 Å². The third-order valence-electron chi connectivity index (χ3n) is 2.21. The molecule has 0 saturated carbocycles. The summed E-state index contributed by atoms with van der Waals surface area (Å²) in [4.78, 5) is 0.546. The van der Waals surface area contributed by atoms with Crippen LogP contribution >= 0.6 is 11.8 Å². The summed E-state index contributed by atoms with van der Waals surface area (Å²) in [5.74, 6) is 0.356. The van der Waals surface area contributed by atoms with Gasteiger partial charge in [0.1, 0.15) is 11.6 Å². The lowest BCUT2D eigenvalue weighted by Gasteiger charge is -2.20. The predicted molar refractivity (Wildman–Crippen MR) is 66.7 cm³/mol. The first-order valence-electron chi connectivity index (χ1n) is 5.07. The first-order valence-corrected chi connectivity index (χ1v) is 6.29. The van der Waals surface area contributed by atoms with E-state index in [4.69, 9.17) is 10.5 Å². The van der Waals surface area contributed by atoms with Crippen molar-refractivity contribution >= 4 is 11.8 Å². The van der Waals surface area contributed by atoms with E-state index in [1.165, 1.54) is 11.8 Å². The van der Waals surface area contributed by atoms with Crippen molar-refractivity contribution in [2.75, 3.05) is 13.4 Å². The van der Waals surface area contributed by atoms with Crippen molar-refractivity contribution in [3.8, 4) is 5.75 Å². The molecular weight excluding hydrogens is 225 g/mol. The van der Waals surface area contributed by atoms with Crippen molar-refractivity contribution in [1.82, 2.24) is 0 Å². The van der Waals surface area contributed by atoms with Gasteiger partial charge < -0.3 is 10.5 Å². The highest BCUT2D eigenvalue weighted by atomic mass is 32.2. The third-order valence-corrected chi connectivity index (χ3v) is 3.00. The normalized spacial score (nSPS) is 11.6. The topological polar surface area (TPSA) is 35.2 Å². The highest BCUT2D eigenvalue weighted by Gasteiger charge is 2.18. The van der Waals surface area contributed by atoms with Gasteiger partial charge in [-0.15, -0.1) is 11.8 Å². The molecular formula is C12H18FNOS. The molecule has 0 saturated heterocycles. The van der Waals surface area contributed by atoms with E-state index in [0.717, 1.165) is 0 Å². The number of halogens is 1. The van der Waals surface area contributed by atoms with Crippen molar-refractivity contribution in [1.29, 1.82) is 0 Å². The summed E-state index contributed by atoms with van der Waals surface area (Å²) in [5, 5.41) is 0. The second-order valence-electron chi connectivity index (χ2n) is 4.44. The Hall–Kier alpha value is -0.740. The minimum absolute atomic E-state index is 0.217. The van der Waals surface area contributed by atoms with Crippen LogP contribution in [0.5, 0.6) is 5.75 Å². The van der Waals surface area contributed by atoms with Crippen LogP contribution < -0.4 is 10.5 Å². The molecule has 0 fully saturated rings. The van der Waals surface area contributed by atoms with Crippen LogP contribution in [-0.4, -0.2) is 18.9 Å². The number of thioether (sulfide) groups is 1. The summed E-state index contributed by atoms with van der Waals surface area (Å²) >= 11 is 1.35. The van der Waals surface area contributed by atoms with E-state index < -0.39 is 5.54 Å². The van der Waals surface area contributed by atoms with Crippen LogP contribution in [0.1, 0.15) is 19.4 Å². The summed E-state index contributed by atoms with van der Waals surface area (Å²) in [7, 11) is 1.54. The number of hydrogen-bond donors (Lipinski definition) is 1. The zero-order chi connectivity index (χ0) is 12.3. The van der Waals surface area contributed by atoms with Gasteiger partial charge in [-0.05, 0) is 38.2 Å². The zero-order valence-corrected chi connectivity index (χ0v) is 11.0. The molecule has 2 N–H and O–H groups in total. The first kappa shape index (κ1) is 13.3. The lowest BCUT2D eigenvalue weighted by Crippen LogP contribution is -2.34. The van der Waals surface area contributed by atoms with Crippen LogP contribution in [0.15, 0.2) is 17.0 Å². The molecule has 90 valence electrons. The van der Waals surface area contributed by atoms with Crippen LogP contribution in [0.4, 0.5) is 4.39 Å². The molecule has 16 heavy (non-hydrogen) atoms. The molecule has 0 aliphatic rings. The largest absolute Gasteiger partial charge is 0.495 e. The van der Waals surface area contributed by atoms with Crippen LogP contribution in [-0.2, 0) is 6.42 Å². The van der Waals surface area contributed by atoms with Gasteiger partial charge in [-0.25, -0.2) is 4.39 Å². The quantitative estimate of drug-likeness (QED) is 0.826. The van der Waals surface area contributed by atoms with Crippen molar-refractivity contribution in [3.05, 3.63) is 23.5 Å². The molecule has 2 nitrogen and oxygen atoms in total. The Bertz CT molecular complexity index is 374. The smallest absolute Gasteiger partial charge is 0.143 e. The maximum Gasteiger partial charge on any atom is 0.143 e. The van der Waals surface area contributed by atoms with Gasteiger partial charge in [-0.1, -0.05) is 6.07 Å². The molecule has 0 aliphatic heterocycles. The van der Waals surface area contributed by atoms with Crippen molar-refractivity contribution < 1.29 is 9.13 Å². The fourth-order valence-corrected chi connectivity index (χ4v) is 2.22. The fraction of sp³-hybridized carbons (Fsp3) is 0.500. The maximum atomic E-state index is 14.1. The number of rotatable bonds is 4. The lowest BCUT2D eigenvalue weighted by molar-refractivity contribution is 0.395. The number of hydrogen-bond acceptors (Lipinski definition) is 3. The first-order chi connectivity index (χ1) is 7.39. The average molecular weight is 243 g/mol. The Morgan fingerprint density at radius 2 is 2.06 bits per heavy atom. The Morgan fingerprint density at radius 3 is 2.50 bits per heavy atom. The van der Waals surface area contributed by atoms with Crippen molar-refractivity contribution in [2.45, 2.75) is 30.7 Å². The van der Waals surface area contributed by atoms with Crippen LogP contribution in [0, 0.1) is 5.82 Å². The van der Waals surface area contributed by atoms with E-state index in [1.54, 1.807) is 19.2 Å². The molecule has 0 aromatic heterocycles. The number of ether oxygens (including phenoxy) is 1. The summed E-state index contributed by atoms with van der Waals surface area (Å²) in [6, 6.07) is 3.53. The molecule has 0 atom stereocenters. The molecule has 0 bridgehead atoms. The molecule has 0 amide bonds. The highest BCUT2D eigenvalue weighted by molar-refractivity contribution is 7.98. The van der Waals surface area contributed by atoms with Gasteiger partial charge >= 0.3 is 0 Å². The van der Waals surface area contributed by atoms with E-state index in [9.17, 15) is 4.39 Å². The summed E-state index contributed by atoms with van der Waals surface area (Å²) in [6.07, 6.45) is 2.34. The Balaban J connectivity index is 3.14. The number of benzene rings is 1. The van der Waals surface area contributed by atoms with Gasteiger partial charge in [0.25, 0.3) is 0 Å². The molecule has 1 rings (SSSR count). The van der Waals surface area contributed by atoms with E-state index in [0.29, 0.717) is 22.6 Å². The molecule has 0 radical (unpaired) electrons. The second kappa shape index (κ2) is 5.06. The molecule has 0 spiro atoms. The summed E-state index contributed by atoms with van der Waals surface area (Å²) < 4.78 is 19.2. The maximum absolute atomic E-state index is 14.1. The molecule has 0 heterocycles. The Kier molecular flexibility index (Phi) is 4.21. The van der Waals surface area contributed by atoms with Crippen LogP contribution in [0.25, 0.3) is 0 Å². The molecule has 1 aromatic rings. The fourth-order valence-electron chi connectivity index (χ4n) is 1.56.